The molecule has 0 spiro atoms. The third-order valence-corrected chi connectivity index (χ3v) is 2.92. The van der Waals surface area contributed by atoms with Gasteiger partial charge in [-0.2, -0.15) is 0 Å². The summed E-state index contributed by atoms with van der Waals surface area (Å²) in [4.78, 5) is 25.3. The van der Waals surface area contributed by atoms with Crippen molar-refractivity contribution in [1.82, 2.24) is 19.9 Å². The van der Waals surface area contributed by atoms with Gasteiger partial charge in [-0.1, -0.05) is 6.92 Å². The zero-order valence-electron chi connectivity index (χ0n) is 11.6. The number of amides is 1. The van der Waals surface area contributed by atoms with Crippen molar-refractivity contribution in [2.45, 2.75) is 19.9 Å². The number of aryl methyl sites for hydroxylation is 1. The summed E-state index contributed by atoms with van der Waals surface area (Å²) < 4.78 is 0. The minimum atomic E-state index is -0.102. The van der Waals surface area contributed by atoms with Crippen LogP contribution in [0.3, 0.4) is 0 Å². The highest BCUT2D eigenvalue weighted by Crippen LogP contribution is 2.13. The van der Waals surface area contributed by atoms with Crippen molar-refractivity contribution in [2.24, 2.45) is 5.84 Å². The number of imidazole rings is 1. The molecule has 2 rings (SSSR count). The van der Waals surface area contributed by atoms with E-state index < -0.39 is 0 Å². The first-order chi connectivity index (χ1) is 9.63. The van der Waals surface area contributed by atoms with Crippen LogP contribution in [0, 0.1) is 0 Å². The van der Waals surface area contributed by atoms with Gasteiger partial charge in [0.2, 0.25) is 0 Å². The minimum absolute atomic E-state index is 0.102. The van der Waals surface area contributed by atoms with Crippen LogP contribution in [0.15, 0.2) is 24.5 Å². The van der Waals surface area contributed by atoms with Gasteiger partial charge in [0.25, 0.3) is 5.91 Å². The number of nitrogens with two attached hydrogens (primary N) is 1. The normalized spacial score (nSPS) is 10.3. The van der Waals surface area contributed by atoms with E-state index in [1.807, 2.05) is 6.92 Å². The molecule has 0 saturated heterocycles. The van der Waals surface area contributed by atoms with Crippen molar-refractivity contribution in [1.29, 1.82) is 0 Å². The van der Waals surface area contributed by atoms with Gasteiger partial charge in [-0.3, -0.25) is 4.79 Å². The SMILES string of the molecule is CCc1cc(C(=O)N(C)Cc2ncc[nH]2)cc(NN)n1. The fourth-order valence-corrected chi connectivity index (χ4v) is 1.87. The number of carbonyl (C=O) groups is 1. The fraction of sp³-hybridized carbons (Fsp3) is 0.308. The zero-order valence-corrected chi connectivity index (χ0v) is 11.6. The fourth-order valence-electron chi connectivity index (χ4n) is 1.87. The van der Waals surface area contributed by atoms with Crippen molar-refractivity contribution in [2.75, 3.05) is 12.5 Å². The number of H-pyrrole nitrogens is 1. The van der Waals surface area contributed by atoms with Gasteiger partial charge in [0, 0.05) is 30.7 Å². The second-order valence-corrected chi connectivity index (χ2v) is 4.43. The van der Waals surface area contributed by atoms with Gasteiger partial charge in [0.05, 0.1) is 6.54 Å². The number of nitrogen functional groups attached to an aromatic ring is 1. The quantitative estimate of drug-likeness (QED) is 0.556. The number of aromatic nitrogens is 3. The molecule has 0 aromatic carbocycles. The summed E-state index contributed by atoms with van der Waals surface area (Å²) in [6.45, 7) is 2.39. The molecular formula is C13H18N6O. The molecule has 4 N–H and O–H groups in total. The summed E-state index contributed by atoms with van der Waals surface area (Å²) in [6, 6.07) is 3.42. The number of aromatic amines is 1. The summed E-state index contributed by atoms with van der Waals surface area (Å²) in [6.07, 6.45) is 4.12. The Morgan fingerprint density at radius 2 is 2.30 bits per heavy atom. The summed E-state index contributed by atoms with van der Waals surface area (Å²) in [7, 11) is 1.73. The predicted molar refractivity (Wildman–Crippen MR) is 75.8 cm³/mol. The number of hydrazine groups is 1. The Morgan fingerprint density at radius 3 is 2.90 bits per heavy atom. The number of hydrogen-bond donors (Lipinski definition) is 3. The molecule has 0 aliphatic carbocycles. The number of nitrogens with zero attached hydrogens (tertiary/aromatic N) is 3. The molecule has 2 heterocycles. The van der Waals surface area contributed by atoms with Gasteiger partial charge in [0.15, 0.2) is 0 Å². The number of nitrogens with one attached hydrogen (secondary N) is 2. The Labute approximate surface area is 117 Å². The lowest BCUT2D eigenvalue weighted by molar-refractivity contribution is 0.0781. The average Bonchev–Trinajstić information content (AvgIpc) is 2.98. The topological polar surface area (TPSA) is 99.9 Å². The molecule has 0 unspecified atom stereocenters. The van der Waals surface area contributed by atoms with E-state index in [1.165, 1.54) is 0 Å². The molecular weight excluding hydrogens is 256 g/mol. The molecule has 0 saturated carbocycles. The summed E-state index contributed by atoms with van der Waals surface area (Å²) in [5.41, 5.74) is 3.85. The third kappa shape index (κ3) is 3.12. The first-order valence-corrected chi connectivity index (χ1v) is 6.35. The Hall–Kier alpha value is -2.41. The number of hydrogen-bond acceptors (Lipinski definition) is 5. The molecule has 1 amide bonds. The number of carbonyl (C=O) groups excluding carboxylic acids is 1. The number of pyridine rings is 1. The Kier molecular flexibility index (Phi) is 4.31. The molecule has 7 nitrogen and oxygen atoms in total. The molecule has 0 atom stereocenters. The van der Waals surface area contributed by atoms with Crippen molar-refractivity contribution >= 4 is 11.7 Å². The molecule has 106 valence electrons. The molecule has 0 aliphatic heterocycles. The average molecular weight is 274 g/mol. The molecule has 0 bridgehead atoms. The minimum Gasteiger partial charge on any atom is -0.347 e. The highest BCUT2D eigenvalue weighted by Gasteiger charge is 2.15. The second-order valence-electron chi connectivity index (χ2n) is 4.43. The first kappa shape index (κ1) is 14.0. The molecule has 0 aliphatic rings. The molecule has 2 aromatic rings. The van der Waals surface area contributed by atoms with Crippen LogP contribution in [-0.4, -0.2) is 32.8 Å². The summed E-state index contributed by atoms with van der Waals surface area (Å²) in [5, 5.41) is 0. The third-order valence-electron chi connectivity index (χ3n) is 2.92. The smallest absolute Gasteiger partial charge is 0.254 e. The van der Waals surface area contributed by atoms with Crippen LogP contribution in [-0.2, 0) is 13.0 Å². The van der Waals surface area contributed by atoms with Gasteiger partial charge in [-0.05, 0) is 18.6 Å². The molecule has 0 radical (unpaired) electrons. The van der Waals surface area contributed by atoms with Crippen LogP contribution in [0.4, 0.5) is 5.82 Å². The Morgan fingerprint density at radius 1 is 1.50 bits per heavy atom. The van der Waals surface area contributed by atoms with Crippen molar-refractivity contribution in [3.05, 3.63) is 41.6 Å². The maximum atomic E-state index is 12.4. The van der Waals surface area contributed by atoms with E-state index in [9.17, 15) is 4.79 Å². The van der Waals surface area contributed by atoms with Crippen LogP contribution in [0.5, 0.6) is 0 Å². The van der Waals surface area contributed by atoms with Crippen LogP contribution < -0.4 is 11.3 Å². The standard InChI is InChI=1S/C13H18N6O/c1-3-10-6-9(7-11(17-10)18-14)13(20)19(2)8-12-15-4-5-16-12/h4-7H,3,8,14H2,1-2H3,(H,15,16)(H,17,18). The lowest BCUT2D eigenvalue weighted by Crippen LogP contribution is -2.27. The molecule has 2 aromatic heterocycles. The molecule has 7 heteroatoms. The maximum Gasteiger partial charge on any atom is 0.254 e. The van der Waals surface area contributed by atoms with Crippen LogP contribution in [0.1, 0.15) is 28.8 Å². The maximum absolute atomic E-state index is 12.4. The van der Waals surface area contributed by atoms with E-state index in [4.69, 9.17) is 5.84 Å². The van der Waals surface area contributed by atoms with Gasteiger partial charge in [-0.25, -0.2) is 15.8 Å². The van der Waals surface area contributed by atoms with Gasteiger partial charge in [0.1, 0.15) is 11.6 Å². The highest BCUT2D eigenvalue weighted by atomic mass is 16.2. The van der Waals surface area contributed by atoms with E-state index in [-0.39, 0.29) is 5.91 Å². The monoisotopic (exact) mass is 274 g/mol. The van der Waals surface area contributed by atoms with E-state index in [0.29, 0.717) is 17.9 Å². The van der Waals surface area contributed by atoms with E-state index >= 15 is 0 Å². The van der Waals surface area contributed by atoms with Crippen molar-refractivity contribution in [3.63, 3.8) is 0 Å². The Bertz CT molecular complexity index is 558. The first-order valence-electron chi connectivity index (χ1n) is 6.35. The van der Waals surface area contributed by atoms with Crippen molar-refractivity contribution in [3.8, 4) is 0 Å². The predicted octanol–water partition coefficient (Wildman–Crippen LogP) is 0.925. The second kappa shape index (κ2) is 6.16. The number of rotatable bonds is 5. The zero-order chi connectivity index (χ0) is 14.5. The van der Waals surface area contributed by atoms with E-state index in [1.54, 1.807) is 36.5 Å². The summed E-state index contributed by atoms with van der Waals surface area (Å²) >= 11 is 0. The molecule has 20 heavy (non-hydrogen) atoms. The lowest BCUT2D eigenvalue weighted by atomic mass is 10.1. The summed E-state index contributed by atoms with van der Waals surface area (Å²) in [5.74, 6) is 6.50. The molecule has 0 fully saturated rings. The van der Waals surface area contributed by atoms with Gasteiger partial charge in [-0.15, -0.1) is 0 Å². The Balaban J connectivity index is 2.19. The van der Waals surface area contributed by atoms with Crippen LogP contribution in [0.2, 0.25) is 0 Å². The largest absolute Gasteiger partial charge is 0.347 e. The van der Waals surface area contributed by atoms with Gasteiger partial charge >= 0.3 is 0 Å². The number of anilines is 1. The van der Waals surface area contributed by atoms with E-state index in [2.05, 4.69) is 20.4 Å². The highest BCUT2D eigenvalue weighted by molar-refractivity contribution is 5.94. The van der Waals surface area contributed by atoms with Gasteiger partial charge < -0.3 is 15.3 Å². The lowest BCUT2D eigenvalue weighted by Gasteiger charge is -2.16. The van der Waals surface area contributed by atoms with Crippen LogP contribution in [0.25, 0.3) is 0 Å². The van der Waals surface area contributed by atoms with E-state index in [0.717, 1.165) is 17.9 Å². The van der Waals surface area contributed by atoms with Crippen LogP contribution >= 0.6 is 0 Å². The van der Waals surface area contributed by atoms with Crippen molar-refractivity contribution < 1.29 is 4.79 Å².